The maximum absolute atomic E-state index is 13.0. The summed E-state index contributed by atoms with van der Waals surface area (Å²) in [7, 11) is 2.83. The van der Waals surface area contributed by atoms with Gasteiger partial charge in [0.2, 0.25) is 0 Å². The largest absolute Gasteiger partial charge is 0.484 e. The van der Waals surface area contributed by atoms with Gasteiger partial charge in [0.05, 0.1) is 30.9 Å². The van der Waals surface area contributed by atoms with E-state index < -0.39 is 5.97 Å². The number of rotatable bonds is 10. The summed E-state index contributed by atoms with van der Waals surface area (Å²) in [6.45, 7) is 4.17. The summed E-state index contributed by atoms with van der Waals surface area (Å²) >= 11 is 0. The van der Waals surface area contributed by atoms with E-state index in [1.165, 1.54) is 12.0 Å². The number of ether oxygens (including phenoxy) is 3. The molecule has 0 fully saturated rings. The van der Waals surface area contributed by atoms with Crippen LogP contribution in [0.3, 0.4) is 0 Å². The Morgan fingerprint density at radius 2 is 1.74 bits per heavy atom. The highest BCUT2D eigenvalue weighted by Gasteiger charge is 2.36. The zero-order valence-corrected chi connectivity index (χ0v) is 20.4. The minimum absolute atomic E-state index is 0.126. The Balaban J connectivity index is 1.66. The second-order valence-electron chi connectivity index (χ2n) is 8.02. The molecular formula is C27H30N2O6. The van der Waals surface area contributed by atoms with E-state index in [0.717, 1.165) is 5.56 Å². The second kappa shape index (κ2) is 12.0. The lowest BCUT2D eigenvalue weighted by Crippen LogP contribution is -2.31. The molecule has 1 aliphatic heterocycles. The first kappa shape index (κ1) is 25.7. The van der Waals surface area contributed by atoms with E-state index >= 15 is 0 Å². The number of carbonyl (C=O) groups is 3. The molecule has 2 amide bonds. The fourth-order valence-corrected chi connectivity index (χ4v) is 3.76. The fraction of sp³-hybridized carbons (Fsp3) is 0.296. The van der Waals surface area contributed by atoms with Crippen LogP contribution in [0.5, 0.6) is 5.75 Å². The van der Waals surface area contributed by atoms with Crippen LogP contribution in [-0.2, 0) is 23.9 Å². The maximum Gasteiger partial charge on any atom is 0.340 e. The summed E-state index contributed by atoms with van der Waals surface area (Å²) in [6, 6.07) is 16.5. The Morgan fingerprint density at radius 1 is 1.06 bits per heavy atom. The minimum atomic E-state index is -0.572. The van der Waals surface area contributed by atoms with Crippen molar-refractivity contribution in [3.63, 3.8) is 0 Å². The number of hydrogen-bond acceptors (Lipinski definition) is 6. The Hall–Kier alpha value is -3.91. The van der Waals surface area contributed by atoms with Crippen molar-refractivity contribution in [1.29, 1.82) is 0 Å². The monoisotopic (exact) mass is 478 g/mol. The van der Waals surface area contributed by atoms with Gasteiger partial charge >= 0.3 is 5.97 Å². The first-order valence-corrected chi connectivity index (χ1v) is 11.2. The maximum atomic E-state index is 13.0. The Morgan fingerprint density at radius 3 is 2.37 bits per heavy atom. The van der Waals surface area contributed by atoms with E-state index in [0.29, 0.717) is 30.2 Å². The van der Waals surface area contributed by atoms with Crippen LogP contribution >= 0.6 is 0 Å². The van der Waals surface area contributed by atoms with Crippen LogP contribution in [0, 0.1) is 0 Å². The summed E-state index contributed by atoms with van der Waals surface area (Å²) in [5, 5.41) is 2.90. The molecule has 0 radical (unpaired) electrons. The molecule has 2 aromatic rings. The van der Waals surface area contributed by atoms with Gasteiger partial charge in [0.25, 0.3) is 11.8 Å². The van der Waals surface area contributed by atoms with Gasteiger partial charge in [0, 0.05) is 19.4 Å². The van der Waals surface area contributed by atoms with E-state index in [4.69, 9.17) is 14.2 Å². The summed E-state index contributed by atoms with van der Waals surface area (Å²) in [5.41, 5.74) is 2.73. The molecular weight excluding hydrogens is 448 g/mol. The van der Waals surface area contributed by atoms with Gasteiger partial charge in [0.1, 0.15) is 5.75 Å². The number of hydrogen-bond donors (Lipinski definition) is 1. The molecule has 0 saturated heterocycles. The zero-order chi connectivity index (χ0) is 25.4. The van der Waals surface area contributed by atoms with Crippen molar-refractivity contribution >= 4 is 23.9 Å². The Labute approximate surface area is 205 Å². The van der Waals surface area contributed by atoms with Crippen LogP contribution in [0.4, 0.5) is 0 Å². The van der Waals surface area contributed by atoms with E-state index in [-0.39, 0.29) is 35.6 Å². The fourth-order valence-electron chi connectivity index (χ4n) is 3.76. The van der Waals surface area contributed by atoms with Gasteiger partial charge < -0.3 is 24.4 Å². The lowest BCUT2D eigenvalue weighted by Gasteiger charge is -2.16. The molecule has 1 N–H and O–H groups in total. The molecule has 184 valence electrons. The molecule has 1 heterocycles. The highest BCUT2D eigenvalue weighted by atomic mass is 16.5. The highest BCUT2D eigenvalue weighted by Crippen LogP contribution is 2.31. The molecule has 3 rings (SSSR count). The molecule has 0 aliphatic carbocycles. The number of benzene rings is 2. The van der Waals surface area contributed by atoms with Gasteiger partial charge in [-0.05, 0) is 43.2 Å². The van der Waals surface area contributed by atoms with E-state index in [1.54, 1.807) is 44.4 Å². The number of nitrogens with zero attached hydrogens (tertiary/aromatic N) is 1. The Bertz CT molecular complexity index is 1120. The predicted molar refractivity (Wildman–Crippen MR) is 131 cm³/mol. The van der Waals surface area contributed by atoms with Crippen molar-refractivity contribution in [3.05, 3.63) is 82.6 Å². The molecule has 8 nitrogen and oxygen atoms in total. The molecule has 0 unspecified atom stereocenters. The van der Waals surface area contributed by atoms with E-state index in [2.05, 4.69) is 5.32 Å². The van der Waals surface area contributed by atoms with Gasteiger partial charge in [-0.3, -0.25) is 9.59 Å². The van der Waals surface area contributed by atoms with Crippen molar-refractivity contribution in [2.45, 2.75) is 19.9 Å². The van der Waals surface area contributed by atoms with Crippen molar-refractivity contribution in [3.8, 4) is 5.75 Å². The molecule has 1 aliphatic rings. The SMILES string of the molecule is COCCN1C(=O)/C(=C\c2ccc(OCC(=O)N[C@@H](C)c3ccccc3)cc2)C(C(=O)OC)=C1C. The predicted octanol–water partition coefficient (Wildman–Crippen LogP) is 3.26. The molecule has 2 aromatic carbocycles. The number of nitrogens with one attached hydrogen (secondary N) is 1. The zero-order valence-electron chi connectivity index (χ0n) is 20.4. The summed E-state index contributed by atoms with van der Waals surface area (Å²) in [4.78, 5) is 39.1. The first-order chi connectivity index (χ1) is 16.8. The lowest BCUT2D eigenvalue weighted by molar-refractivity contribution is -0.136. The molecule has 0 aromatic heterocycles. The van der Waals surface area contributed by atoms with Gasteiger partial charge in [-0.25, -0.2) is 4.79 Å². The van der Waals surface area contributed by atoms with Gasteiger partial charge in [-0.2, -0.15) is 0 Å². The molecule has 0 spiro atoms. The van der Waals surface area contributed by atoms with E-state index in [1.807, 2.05) is 37.3 Å². The minimum Gasteiger partial charge on any atom is -0.484 e. The molecule has 8 heteroatoms. The number of allylic oxidation sites excluding steroid dienone is 1. The van der Waals surface area contributed by atoms with Crippen LogP contribution in [-0.4, -0.2) is 56.7 Å². The third-order valence-electron chi connectivity index (χ3n) is 5.66. The summed E-state index contributed by atoms with van der Waals surface area (Å²) in [5.74, 6) is -0.583. The molecule has 0 bridgehead atoms. The van der Waals surface area contributed by atoms with Crippen molar-refractivity contribution < 1.29 is 28.6 Å². The van der Waals surface area contributed by atoms with Crippen LogP contribution < -0.4 is 10.1 Å². The quantitative estimate of drug-likeness (QED) is 0.416. The molecule has 35 heavy (non-hydrogen) atoms. The van der Waals surface area contributed by atoms with Crippen LogP contribution in [0.1, 0.15) is 31.0 Å². The van der Waals surface area contributed by atoms with Gasteiger partial charge in [-0.1, -0.05) is 42.5 Å². The second-order valence-corrected chi connectivity index (χ2v) is 8.02. The average Bonchev–Trinajstić information content (AvgIpc) is 3.10. The summed E-state index contributed by atoms with van der Waals surface area (Å²) in [6.07, 6.45) is 1.64. The standard InChI is InChI=1S/C27H30N2O6/c1-18(21-8-6-5-7-9-21)28-24(30)17-35-22-12-10-20(11-13-22)16-23-25(27(32)34-4)19(2)29(26(23)31)14-15-33-3/h5-13,16,18H,14-15,17H2,1-4H3,(H,28,30)/b23-16-/t18-/m0/s1. The van der Waals surface area contributed by atoms with Gasteiger partial charge in [-0.15, -0.1) is 0 Å². The highest BCUT2D eigenvalue weighted by molar-refractivity contribution is 6.16. The summed E-state index contributed by atoms with van der Waals surface area (Å²) < 4.78 is 15.6. The topological polar surface area (TPSA) is 94.2 Å². The van der Waals surface area contributed by atoms with Crippen LogP contribution in [0.15, 0.2) is 71.4 Å². The smallest absolute Gasteiger partial charge is 0.340 e. The Kier molecular flexibility index (Phi) is 8.80. The van der Waals surface area contributed by atoms with Gasteiger partial charge in [0.15, 0.2) is 6.61 Å². The first-order valence-electron chi connectivity index (χ1n) is 11.2. The normalized spacial score (nSPS) is 15.4. The van der Waals surface area contributed by atoms with Crippen LogP contribution in [0.2, 0.25) is 0 Å². The number of methoxy groups -OCH3 is 2. The van der Waals surface area contributed by atoms with E-state index in [9.17, 15) is 14.4 Å². The van der Waals surface area contributed by atoms with Crippen LogP contribution in [0.25, 0.3) is 6.08 Å². The average molecular weight is 479 g/mol. The number of esters is 1. The van der Waals surface area contributed by atoms with Crippen molar-refractivity contribution in [2.75, 3.05) is 34.0 Å². The molecule has 0 saturated carbocycles. The number of carbonyl (C=O) groups excluding carboxylic acids is 3. The lowest BCUT2D eigenvalue weighted by atomic mass is 10.0. The van der Waals surface area contributed by atoms with Crippen molar-refractivity contribution in [2.24, 2.45) is 0 Å². The third-order valence-corrected chi connectivity index (χ3v) is 5.66. The molecule has 1 atom stereocenters. The van der Waals surface area contributed by atoms with Crippen molar-refractivity contribution in [1.82, 2.24) is 10.2 Å². The third kappa shape index (κ3) is 6.36. The number of amides is 2.